The van der Waals surface area contributed by atoms with Crippen LogP contribution in [-0.2, 0) is 6.42 Å². The van der Waals surface area contributed by atoms with Gasteiger partial charge < -0.3 is 16.2 Å². The summed E-state index contributed by atoms with van der Waals surface area (Å²) in [7, 11) is 0. The molecule has 3 nitrogen and oxygen atoms in total. The predicted octanol–water partition coefficient (Wildman–Crippen LogP) is 2.56. The van der Waals surface area contributed by atoms with Crippen molar-refractivity contribution in [2.45, 2.75) is 12.5 Å². The summed E-state index contributed by atoms with van der Waals surface area (Å²) in [6, 6.07) is 17.9. The summed E-state index contributed by atoms with van der Waals surface area (Å²) >= 11 is 0. The van der Waals surface area contributed by atoms with Gasteiger partial charge in [-0.15, -0.1) is 12.4 Å². The topological polar surface area (TPSA) is 58.3 Å². The fourth-order valence-electron chi connectivity index (χ4n) is 2.05. The number of rotatable bonds is 6. The summed E-state index contributed by atoms with van der Waals surface area (Å²) in [5.74, 6) is 0. The lowest BCUT2D eigenvalue weighted by Crippen LogP contribution is -2.26. The first-order valence-corrected chi connectivity index (χ1v) is 6.53. The molecule has 4 heteroatoms. The number of aliphatic hydroxyl groups excluding tert-OH is 1. The van der Waals surface area contributed by atoms with Crippen LogP contribution in [0.15, 0.2) is 54.6 Å². The van der Waals surface area contributed by atoms with Gasteiger partial charge in [-0.05, 0) is 36.2 Å². The van der Waals surface area contributed by atoms with Gasteiger partial charge in [0.2, 0.25) is 0 Å². The van der Waals surface area contributed by atoms with E-state index in [0.29, 0.717) is 0 Å². The van der Waals surface area contributed by atoms with Crippen molar-refractivity contribution >= 4 is 18.1 Å². The number of nitrogens with two attached hydrogens (primary N) is 1. The van der Waals surface area contributed by atoms with Gasteiger partial charge in [-0.2, -0.15) is 0 Å². The monoisotopic (exact) mass is 292 g/mol. The maximum atomic E-state index is 9.43. The molecule has 0 aliphatic heterocycles. The molecule has 0 radical (unpaired) electrons. The molecule has 0 heterocycles. The third kappa shape index (κ3) is 4.85. The minimum atomic E-state index is -0.00465. The Bertz CT molecular complexity index is 488. The molecular weight excluding hydrogens is 272 g/mol. The highest BCUT2D eigenvalue weighted by Crippen LogP contribution is 2.12. The van der Waals surface area contributed by atoms with Crippen LogP contribution in [0.4, 0.5) is 5.69 Å². The van der Waals surface area contributed by atoms with Crippen molar-refractivity contribution in [1.29, 1.82) is 0 Å². The van der Waals surface area contributed by atoms with E-state index in [1.54, 1.807) is 0 Å². The molecule has 0 fully saturated rings. The third-order valence-electron chi connectivity index (χ3n) is 3.17. The van der Waals surface area contributed by atoms with E-state index < -0.39 is 0 Å². The fourth-order valence-corrected chi connectivity index (χ4v) is 2.05. The molecule has 0 aliphatic rings. The minimum absolute atomic E-state index is 0. The van der Waals surface area contributed by atoms with Crippen molar-refractivity contribution in [3.63, 3.8) is 0 Å². The lowest BCUT2D eigenvalue weighted by atomic mass is 10.1. The summed E-state index contributed by atoms with van der Waals surface area (Å²) in [4.78, 5) is 0. The molecule has 4 N–H and O–H groups in total. The molecule has 0 bridgehead atoms. The van der Waals surface area contributed by atoms with Crippen LogP contribution < -0.4 is 11.1 Å². The largest absolute Gasteiger partial charge is 0.399 e. The van der Waals surface area contributed by atoms with Gasteiger partial charge in [0.05, 0.1) is 12.6 Å². The van der Waals surface area contributed by atoms with Gasteiger partial charge in [0.15, 0.2) is 0 Å². The first-order chi connectivity index (χ1) is 9.29. The molecule has 0 aliphatic carbocycles. The second-order valence-corrected chi connectivity index (χ2v) is 4.59. The van der Waals surface area contributed by atoms with Gasteiger partial charge in [0, 0.05) is 5.69 Å². The van der Waals surface area contributed by atoms with E-state index in [9.17, 15) is 5.11 Å². The van der Waals surface area contributed by atoms with Crippen molar-refractivity contribution < 1.29 is 5.11 Å². The second kappa shape index (κ2) is 8.59. The van der Waals surface area contributed by atoms with Crippen molar-refractivity contribution in [2.24, 2.45) is 0 Å². The Morgan fingerprint density at radius 1 is 1.00 bits per heavy atom. The Morgan fingerprint density at radius 2 is 1.65 bits per heavy atom. The Kier molecular flexibility index (Phi) is 7.09. The van der Waals surface area contributed by atoms with Gasteiger partial charge >= 0.3 is 0 Å². The van der Waals surface area contributed by atoms with E-state index in [0.717, 1.165) is 24.2 Å². The smallest absolute Gasteiger partial charge is 0.0626 e. The zero-order valence-corrected chi connectivity index (χ0v) is 12.1. The van der Waals surface area contributed by atoms with Gasteiger partial charge in [0.1, 0.15) is 0 Å². The maximum absolute atomic E-state index is 9.43. The number of hydrogen-bond donors (Lipinski definition) is 3. The molecule has 0 spiro atoms. The Morgan fingerprint density at radius 3 is 2.25 bits per heavy atom. The Labute approximate surface area is 126 Å². The fraction of sp³-hybridized carbons (Fsp3) is 0.250. The van der Waals surface area contributed by atoms with Gasteiger partial charge in [0.25, 0.3) is 0 Å². The van der Waals surface area contributed by atoms with E-state index in [4.69, 9.17) is 5.73 Å². The van der Waals surface area contributed by atoms with Crippen LogP contribution in [0, 0.1) is 0 Å². The zero-order chi connectivity index (χ0) is 13.5. The number of anilines is 1. The zero-order valence-electron chi connectivity index (χ0n) is 11.3. The number of nitrogens with one attached hydrogen (secondary N) is 1. The van der Waals surface area contributed by atoms with Crippen molar-refractivity contribution in [3.05, 3.63) is 65.7 Å². The maximum Gasteiger partial charge on any atom is 0.0626 e. The Hall–Kier alpha value is -1.55. The van der Waals surface area contributed by atoms with E-state index in [-0.39, 0.29) is 25.1 Å². The quantitative estimate of drug-likeness (QED) is 0.717. The van der Waals surface area contributed by atoms with Crippen LogP contribution in [0.25, 0.3) is 0 Å². The lowest BCUT2D eigenvalue weighted by Gasteiger charge is -2.16. The number of hydrogen-bond acceptors (Lipinski definition) is 3. The normalized spacial score (nSPS) is 11.7. The summed E-state index contributed by atoms with van der Waals surface area (Å²) in [5.41, 5.74) is 8.79. The van der Waals surface area contributed by atoms with Crippen LogP contribution >= 0.6 is 12.4 Å². The number of aliphatic hydroxyl groups is 1. The first-order valence-electron chi connectivity index (χ1n) is 6.53. The molecule has 1 atom stereocenters. The standard InChI is InChI=1S/C16H20N2O.ClH/c17-15-8-6-13(7-9-15)10-11-18-16(12-19)14-4-2-1-3-5-14;/h1-9,16,18-19H,10-12,17H2;1H/t16-;/m0./s1. The molecule has 0 amide bonds. The summed E-state index contributed by atoms with van der Waals surface area (Å²) < 4.78 is 0. The first kappa shape index (κ1) is 16.5. The summed E-state index contributed by atoms with van der Waals surface area (Å²) in [6.45, 7) is 0.926. The highest BCUT2D eigenvalue weighted by molar-refractivity contribution is 5.85. The van der Waals surface area contributed by atoms with E-state index >= 15 is 0 Å². The SMILES string of the molecule is Cl.Nc1ccc(CCN[C@@H](CO)c2ccccc2)cc1. The van der Waals surface area contributed by atoms with Gasteiger partial charge in [-0.1, -0.05) is 42.5 Å². The van der Waals surface area contributed by atoms with Gasteiger partial charge in [-0.25, -0.2) is 0 Å². The van der Waals surface area contributed by atoms with Crippen LogP contribution in [-0.4, -0.2) is 18.3 Å². The molecule has 108 valence electrons. The minimum Gasteiger partial charge on any atom is -0.399 e. The van der Waals surface area contributed by atoms with Crippen molar-refractivity contribution in [3.8, 4) is 0 Å². The second-order valence-electron chi connectivity index (χ2n) is 4.59. The number of halogens is 1. The van der Waals surface area contributed by atoms with Crippen LogP contribution in [0.3, 0.4) is 0 Å². The molecule has 2 aromatic rings. The van der Waals surface area contributed by atoms with Crippen LogP contribution in [0.1, 0.15) is 17.2 Å². The lowest BCUT2D eigenvalue weighted by molar-refractivity contribution is 0.245. The molecule has 2 aromatic carbocycles. The molecule has 0 unspecified atom stereocenters. The molecule has 2 rings (SSSR count). The van der Waals surface area contributed by atoms with Crippen LogP contribution in [0.2, 0.25) is 0 Å². The molecule has 0 saturated carbocycles. The highest BCUT2D eigenvalue weighted by atomic mass is 35.5. The number of benzene rings is 2. The molecule has 0 aromatic heterocycles. The van der Waals surface area contributed by atoms with Crippen molar-refractivity contribution in [1.82, 2.24) is 5.32 Å². The van der Waals surface area contributed by atoms with E-state index in [1.807, 2.05) is 54.6 Å². The van der Waals surface area contributed by atoms with Crippen LogP contribution in [0.5, 0.6) is 0 Å². The number of nitrogen functional groups attached to an aromatic ring is 1. The Balaban J connectivity index is 0.00000200. The van der Waals surface area contributed by atoms with E-state index in [1.165, 1.54) is 5.56 Å². The van der Waals surface area contributed by atoms with E-state index in [2.05, 4.69) is 5.32 Å². The van der Waals surface area contributed by atoms with Crippen molar-refractivity contribution in [2.75, 3.05) is 18.9 Å². The summed E-state index contributed by atoms with van der Waals surface area (Å²) in [5, 5.41) is 12.8. The average molecular weight is 293 g/mol. The predicted molar refractivity (Wildman–Crippen MR) is 86.1 cm³/mol. The molecular formula is C16H21ClN2O. The molecule has 20 heavy (non-hydrogen) atoms. The summed E-state index contributed by atoms with van der Waals surface area (Å²) in [6.07, 6.45) is 0.920. The molecule has 0 saturated heterocycles. The van der Waals surface area contributed by atoms with Gasteiger partial charge in [-0.3, -0.25) is 0 Å². The average Bonchev–Trinajstić information content (AvgIpc) is 2.46. The highest BCUT2D eigenvalue weighted by Gasteiger charge is 2.08. The third-order valence-corrected chi connectivity index (χ3v) is 3.17.